The Kier molecular flexibility index (Phi) is 5.99. The number of hydrogen-bond donors (Lipinski definition) is 0. The molecule has 1 aromatic heterocycles. The third-order valence-corrected chi connectivity index (χ3v) is 4.78. The SMILES string of the molecule is COCCN(CC(=O)N1CCC[C@H]1C#N)C(=O)c1ccnc2ccccc12. The normalized spacial score (nSPS) is 16.3. The number of aromatic nitrogens is 1. The van der Waals surface area contributed by atoms with Gasteiger partial charge in [-0.05, 0) is 25.0 Å². The first-order valence-corrected chi connectivity index (χ1v) is 8.96. The highest BCUT2D eigenvalue weighted by Gasteiger charge is 2.30. The molecule has 140 valence electrons. The van der Waals surface area contributed by atoms with Crippen molar-refractivity contribution in [3.8, 4) is 6.07 Å². The standard InChI is InChI=1S/C20H22N4O3/c1-27-12-11-23(14-19(25)24-10-4-5-15(24)13-21)20(26)17-8-9-22-18-7-3-2-6-16(17)18/h2-3,6-9,15H,4-5,10-12,14H2,1H3/t15-/m0/s1. The van der Waals surface area contributed by atoms with E-state index >= 15 is 0 Å². The van der Waals surface area contributed by atoms with Gasteiger partial charge in [0.15, 0.2) is 0 Å². The van der Waals surface area contributed by atoms with Gasteiger partial charge in [-0.2, -0.15) is 5.26 Å². The number of nitrogens with zero attached hydrogens (tertiary/aromatic N) is 4. The fourth-order valence-electron chi connectivity index (χ4n) is 3.36. The van der Waals surface area contributed by atoms with Crippen molar-refractivity contribution in [2.75, 3.05) is 33.4 Å². The molecule has 3 rings (SSSR count). The lowest BCUT2D eigenvalue weighted by Gasteiger charge is -2.26. The summed E-state index contributed by atoms with van der Waals surface area (Å²) in [5.41, 5.74) is 1.23. The van der Waals surface area contributed by atoms with Crippen LogP contribution in [0, 0.1) is 11.3 Å². The molecular formula is C20H22N4O3. The molecule has 7 heteroatoms. The predicted octanol–water partition coefficient (Wildman–Crippen LogP) is 1.84. The highest BCUT2D eigenvalue weighted by atomic mass is 16.5. The monoisotopic (exact) mass is 366 g/mol. The quantitative estimate of drug-likeness (QED) is 0.779. The number of methoxy groups -OCH3 is 1. The van der Waals surface area contributed by atoms with Crippen molar-refractivity contribution in [1.82, 2.24) is 14.8 Å². The number of amides is 2. The summed E-state index contributed by atoms with van der Waals surface area (Å²) in [4.78, 5) is 33.2. The Labute approximate surface area is 158 Å². The molecule has 1 aromatic carbocycles. The van der Waals surface area contributed by atoms with Crippen molar-refractivity contribution < 1.29 is 14.3 Å². The van der Waals surface area contributed by atoms with Crippen LogP contribution in [0.25, 0.3) is 10.9 Å². The molecule has 0 unspecified atom stereocenters. The molecule has 0 bridgehead atoms. The molecule has 1 fully saturated rings. The van der Waals surface area contributed by atoms with E-state index in [0.717, 1.165) is 17.3 Å². The van der Waals surface area contributed by atoms with Gasteiger partial charge in [-0.3, -0.25) is 14.6 Å². The number of benzene rings is 1. The van der Waals surface area contributed by atoms with Gasteiger partial charge in [0.05, 0.1) is 23.8 Å². The number of carbonyl (C=O) groups excluding carboxylic acids is 2. The van der Waals surface area contributed by atoms with Gasteiger partial charge < -0.3 is 14.5 Å². The molecule has 27 heavy (non-hydrogen) atoms. The van der Waals surface area contributed by atoms with Gasteiger partial charge in [0, 0.05) is 31.8 Å². The number of para-hydroxylation sites is 1. The van der Waals surface area contributed by atoms with Crippen LogP contribution < -0.4 is 0 Å². The van der Waals surface area contributed by atoms with Crippen molar-refractivity contribution in [2.24, 2.45) is 0 Å². The number of carbonyl (C=O) groups is 2. The highest BCUT2D eigenvalue weighted by molar-refractivity contribution is 6.06. The van der Waals surface area contributed by atoms with Gasteiger partial charge in [-0.15, -0.1) is 0 Å². The molecule has 0 saturated carbocycles. The maximum Gasteiger partial charge on any atom is 0.255 e. The van der Waals surface area contributed by atoms with Crippen LogP contribution in [-0.4, -0.2) is 66.0 Å². The predicted molar refractivity (Wildman–Crippen MR) is 99.9 cm³/mol. The number of nitriles is 1. The van der Waals surface area contributed by atoms with Gasteiger partial charge >= 0.3 is 0 Å². The van der Waals surface area contributed by atoms with Crippen molar-refractivity contribution in [2.45, 2.75) is 18.9 Å². The number of hydrogen-bond acceptors (Lipinski definition) is 5. The molecule has 7 nitrogen and oxygen atoms in total. The Balaban J connectivity index is 1.84. The average molecular weight is 366 g/mol. The molecule has 1 aliphatic rings. The summed E-state index contributed by atoms with van der Waals surface area (Å²) in [6, 6.07) is 10.8. The summed E-state index contributed by atoms with van der Waals surface area (Å²) in [7, 11) is 1.55. The van der Waals surface area contributed by atoms with Crippen LogP contribution in [0.4, 0.5) is 0 Å². The first-order chi connectivity index (χ1) is 13.2. The number of pyridine rings is 1. The minimum Gasteiger partial charge on any atom is -0.383 e. The minimum absolute atomic E-state index is 0.0724. The Morgan fingerprint density at radius 1 is 1.37 bits per heavy atom. The third-order valence-electron chi connectivity index (χ3n) is 4.78. The van der Waals surface area contributed by atoms with Crippen LogP contribution in [0.15, 0.2) is 36.5 Å². The second kappa shape index (κ2) is 8.60. The molecule has 0 spiro atoms. The van der Waals surface area contributed by atoms with Crippen LogP contribution >= 0.6 is 0 Å². The molecule has 0 N–H and O–H groups in total. The largest absolute Gasteiger partial charge is 0.383 e. The van der Waals surface area contributed by atoms with E-state index in [4.69, 9.17) is 4.74 Å². The van der Waals surface area contributed by atoms with E-state index < -0.39 is 6.04 Å². The second-order valence-electron chi connectivity index (χ2n) is 6.47. The Bertz CT molecular complexity index is 872. The summed E-state index contributed by atoms with van der Waals surface area (Å²) < 4.78 is 5.11. The van der Waals surface area contributed by atoms with Crippen LogP contribution in [-0.2, 0) is 9.53 Å². The molecule has 2 amide bonds. The number of ether oxygens (including phenoxy) is 1. The molecule has 1 saturated heterocycles. The number of likely N-dealkylation sites (tertiary alicyclic amines) is 1. The van der Waals surface area contributed by atoms with Crippen LogP contribution in [0.2, 0.25) is 0 Å². The minimum atomic E-state index is -0.404. The number of fused-ring (bicyclic) bond motifs is 1. The van der Waals surface area contributed by atoms with E-state index in [2.05, 4.69) is 11.1 Å². The van der Waals surface area contributed by atoms with Crippen molar-refractivity contribution >= 4 is 22.7 Å². The fraction of sp³-hybridized carbons (Fsp3) is 0.400. The summed E-state index contributed by atoms with van der Waals surface area (Å²) >= 11 is 0. The Hall–Kier alpha value is -2.98. The van der Waals surface area contributed by atoms with E-state index in [1.165, 1.54) is 4.90 Å². The van der Waals surface area contributed by atoms with Crippen LogP contribution in [0.3, 0.4) is 0 Å². The zero-order chi connectivity index (χ0) is 19.2. The summed E-state index contributed by atoms with van der Waals surface area (Å²) in [6.07, 6.45) is 3.09. The fourth-order valence-corrected chi connectivity index (χ4v) is 3.36. The van der Waals surface area contributed by atoms with Gasteiger partial charge in [-0.25, -0.2) is 0 Å². The summed E-state index contributed by atoms with van der Waals surface area (Å²) in [5.74, 6) is -0.450. The van der Waals surface area contributed by atoms with Gasteiger partial charge in [0.1, 0.15) is 12.6 Å². The highest BCUT2D eigenvalue weighted by Crippen LogP contribution is 2.20. The van der Waals surface area contributed by atoms with Crippen molar-refractivity contribution in [3.63, 3.8) is 0 Å². The maximum absolute atomic E-state index is 13.2. The van der Waals surface area contributed by atoms with E-state index in [0.29, 0.717) is 31.7 Å². The van der Waals surface area contributed by atoms with Gasteiger partial charge in [0.2, 0.25) is 5.91 Å². The molecule has 2 aromatic rings. The lowest BCUT2D eigenvalue weighted by Crippen LogP contribution is -2.45. The zero-order valence-electron chi connectivity index (χ0n) is 15.3. The van der Waals surface area contributed by atoms with E-state index in [1.807, 2.05) is 24.3 Å². The lowest BCUT2D eigenvalue weighted by atomic mass is 10.1. The second-order valence-corrected chi connectivity index (χ2v) is 6.47. The first kappa shape index (κ1) is 18.8. The van der Waals surface area contributed by atoms with E-state index in [9.17, 15) is 14.9 Å². The third kappa shape index (κ3) is 4.07. The van der Waals surface area contributed by atoms with Gasteiger partial charge in [-0.1, -0.05) is 18.2 Å². The molecule has 2 heterocycles. The molecule has 1 atom stereocenters. The summed E-state index contributed by atoms with van der Waals surface area (Å²) in [5, 5.41) is 9.96. The molecule has 1 aliphatic heterocycles. The average Bonchev–Trinajstić information content (AvgIpc) is 3.19. The van der Waals surface area contributed by atoms with Crippen molar-refractivity contribution in [3.05, 3.63) is 42.1 Å². The molecule has 0 aliphatic carbocycles. The van der Waals surface area contributed by atoms with E-state index in [-0.39, 0.29) is 18.4 Å². The maximum atomic E-state index is 13.2. The lowest BCUT2D eigenvalue weighted by molar-refractivity contribution is -0.132. The zero-order valence-corrected chi connectivity index (χ0v) is 15.3. The Morgan fingerprint density at radius 3 is 2.96 bits per heavy atom. The van der Waals surface area contributed by atoms with Crippen LogP contribution in [0.1, 0.15) is 23.2 Å². The smallest absolute Gasteiger partial charge is 0.255 e. The summed E-state index contributed by atoms with van der Waals surface area (Å²) in [6.45, 7) is 1.10. The Morgan fingerprint density at radius 2 is 2.19 bits per heavy atom. The van der Waals surface area contributed by atoms with E-state index in [1.54, 1.807) is 24.3 Å². The first-order valence-electron chi connectivity index (χ1n) is 8.96. The van der Waals surface area contributed by atoms with Crippen LogP contribution in [0.5, 0.6) is 0 Å². The molecular weight excluding hydrogens is 344 g/mol. The van der Waals surface area contributed by atoms with Gasteiger partial charge in [0.25, 0.3) is 5.91 Å². The number of rotatable bonds is 6. The molecule has 0 radical (unpaired) electrons. The van der Waals surface area contributed by atoms with Crippen molar-refractivity contribution in [1.29, 1.82) is 5.26 Å². The topological polar surface area (TPSA) is 86.5 Å².